The molecule has 0 radical (unpaired) electrons. The molecule has 3 nitrogen and oxygen atoms in total. The molecule has 0 bridgehead atoms. The Kier molecular flexibility index (Phi) is 3.00. The number of halogens is 2. The van der Waals surface area contributed by atoms with Crippen molar-refractivity contribution in [1.29, 1.82) is 0 Å². The summed E-state index contributed by atoms with van der Waals surface area (Å²) in [5, 5.41) is 0. The third-order valence-corrected chi connectivity index (χ3v) is 3.39. The molecule has 1 heterocycles. The van der Waals surface area contributed by atoms with Gasteiger partial charge in [-0.15, -0.1) is 0 Å². The standard InChI is InChI=1S/C13H17F2N3/c1-8(2)18-12(16)17-7-13(18,3)9-4-5-10(14)11(15)6-9/h4-6,8H,7H2,1-3H3,(H2,16,17). The van der Waals surface area contributed by atoms with Crippen molar-refractivity contribution in [3.05, 3.63) is 35.4 Å². The van der Waals surface area contributed by atoms with E-state index >= 15 is 0 Å². The molecule has 0 aromatic heterocycles. The van der Waals surface area contributed by atoms with Crippen molar-refractivity contribution in [3.63, 3.8) is 0 Å². The molecule has 1 atom stereocenters. The predicted molar refractivity (Wildman–Crippen MR) is 67.2 cm³/mol. The van der Waals surface area contributed by atoms with Gasteiger partial charge in [0.25, 0.3) is 0 Å². The van der Waals surface area contributed by atoms with Gasteiger partial charge in [0.05, 0.1) is 12.1 Å². The average Bonchev–Trinajstić information content (AvgIpc) is 2.59. The Morgan fingerprint density at radius 1 is 1.33 bits per heavy atom. The van der Waals surface area contributed by atoms with E-state index in [0.717, 1.165) is 6.07 Å². The highest BCUT2D eigenvalue weighted by Gasteiger charge is 2.41. The maximum absolute atomic E-state index is 13.4. The van der Waals surface area contributed by atoms with Crippen LogP contribution in [-0.4, -0.2) is 23.4 Å². The van der Waals surface area contributed by atoms with Gasteiger partial charge in [-0.3, -0.25) is 4.99 Å². The van der Waals surface area contributed by atoms with Crippen molar-refractivity contribution in [2.45, 2.75) is 32.4 Å². The maximum Gasteiger partial charge on any atom is 0.192 e. The summed E-state index contributed by atoms with van der Waals surface area (Å²) in [5.74, 6) is -1.24. The minimum atomic E-state index is -0.845. The molecule has 1 aromatic carbocycles. The highest BCUT2D eigenvalue weighted by Crippen LogP contribution is 2.34. The van der Waals surface area contributed by atoms with Crippen LogP contribution < -0.4 is 5.73 Å². The number of hydrogen-bond acceptors (Lipinski definition) is 3. The van der Waals surface area contributed by atoms with Gasteiger partial charge in [0.15, 0.2) is 17.6 Å². The van der Waals surface area contributed by atoms with Gasteiger partial charge in [0.1, 0.15) is 0 Å². The van der Waals surface area contributed by atoms with E-state index in [1.807, 2.05) is 25.7 Å². The second-order valence-electron chi connectivity index (χ2n) is 5.04. The first kappa shape index (κ1) is 12.8. The van der Waals surface area contributed by atoms with Gasteiger partial charge in [-0.1, -0.05) is 6.07 Å². The number of hydrogen-bond donors (Lipinski definition) is 1. The molecule has 1 aromatic rings. The number of nitrogens with two attached hydrogens (primary N) is 1. The van der Waals surface area contributed by atoms with E-state index < -0.39 is 17.2 Å². The van der Waals surface area contributed by atoms with Crippen LogP contribution in [0.25, 0.3) is 0 Å². The van der Waals surface area contributed by atoms with E-state index in [1.165, 1.54) is 6.07 Å². The van der Waals surface area contributed by atoms with E-state index in [1.54, 1.807) is 6.07 Å². The molecule has 0 aliphatic carbocycles. The fourth-order valence-corrected chi connectivity index (χ4v) is 2.54. The molecule has 2 rings (SSSR count). The summed E-state index contributed by atoms with van der Waals surface area (Å²) in [5.41, 5.74) is 6.03. The third kappa shape index (κ3) is 1.83. The molecule has 1 aliphatic heterocycles. The van der Waals surface area contributed by atoms with Crippen molar-refractivity contribution < 1.29 is 8.78 Å². The Bertz CT molecular complexity index is 499. The summed E-state index contributed by atoms with van der Waals surface area (Å²) < 4.78 is 26.4. The molecule has 18 heavy (non-hydrogen) atoms. The summed E-state index contributed by atoms with van der Waals surface area (Å²) in [6.07, 6.45) is 0. The predicted octanol–water partition coefficient (Wildman–Crippen LogP) is 2.22. The van der Waals surface area contributed by atoms with Crippen LogP contribution in [0.4, 0.5) is 8.78 Å². The van der Waals surface area contributed by atoms with Crippen LogP contribution in [0.1, 0.15) is 26.3 Å². The van der Waals surface area contributed by atoms with Crippen molar-refractivity contribution in [2.75, 3.05) is 6.54 Å². The molecule has 0 amide bonds. The largest absolute Gasteiger partial charge is 0.370 e. The van der Waals surface area contributed by atoms with Crippen molar-refractivity contribution in [1.82, 2.24) is 4.90 Å². The molecular formula is C13H17F2N3. The van der Waals surface area contributed by atoms with Crippen LogP contribution in [0, 0.1) is 11.6 Å². The number of guanidine groups is 1. The van der Waals surface area contributed by atoms with Crippen LogP contribution in [-0.2, 0) is 5.54 Å². The van der Waals surface area contributed by atoms with Gasteiger partial charge in [-0.25, -0.2) is 8.78 Å². The Morgan fingerprint density at radius 2 is 2.00 bits per heavy atom. The lowest BCUT2D eigenvalue weighted by Crippen LogP contribution is -2.51. The minimum absolute atomic E-state index is 0.134. The number of aliphatic imine (C=N–C) groups is 1. The molecule has 98 valence electrons. The fraction of sp³-hybridized carbons (Fsp3) is 0.462. The molecular weight excluding hydrogens is 236 g/mol. The van der Waals surface area contributed by atoms with Crippen LogP contribution in [0.2, 0.25) is 0 Å². The summed E-state index contributed by atoms with van der Waals surface area (Å²) in [4.78, 5) is 6.15. The quantitative estimate of drug-likeness (QED) is 0.878. The fourth-order valence-electron chi connectivity index (χ4n) is 2.54. The number of rotatable bonds is 2. The van der Waals surface area contributed by atoms with E-state index in [-0.39, 0.29) is 6.04 Å². The van der Waals surface area contributed by atoms with E-state index in [0.29, 0.717) is 18.1 Å². The summed E-state index contributed by atoms with van der Waals surface area (Å²) in [7, 11) is 0. The van der Waals surface area contributed by atoms with Crippen LogP contribution in [0.15, 0.2) is 23.2 Å². The van der Waals surface area contributed by atoms with Gasteiger partial charge in [-0.05, 0) is 38.5 Å². The Labute approximate surface area is 105 Å². The van der Waals surface area contributed by atoms with Crippen molar-refractivity contribution in [2.24, 2.45) is 10.7 Å². The highest BCUT2D eigenvalue weighted by atomic mass is 19.2. The van der Waals surface area contributed by atoms with Crippen molar-refractivity contribution >= 4 is 5.96 Å². The van der Waals surface area contributed by atoms with E-state index in [2.05, 4.69) is 4.99 Å². The van der Waals surface area contributed by atoms with Gasteiger partial charge in [0.2, 0.25) is 0 Å². The average molecular weight is 253 g/mol. The van der Waals surface area contributed by atoms with E-state index in [9.17, 15) is 8.78 Å². The van der Waals surface area contributed by atoms with E-state index in [4.69, 9.17) is 5.73 Å². The lowest BCUT2D eigenvalue weighted by atomic mass is 9.90. The maximum atomic E-state index is 13.4. The molecule has 1 aliphatic rings. The second-order valence-corrected chi connectivity index (χ2v) is 5.04. The monoisotopic (exact) mass is 253 g/mol. The Hall–Kier alpha value is -1.65. The SMILES string of the molecule is CC(C)N1C(N)=NCC1(C)c1ccc(F)c(F)c1. The number of nitrogens with zero attached hydrogens (tertiary/aromatic N) is 2. The lowest BCUT2D eigenvalue weighted by Gasteiger charge is -2.39. The first-order chi connectivity index (χ1) is 8.36. The zero-order chi connectivity index (χ0) is 13.5. The highest BCUT2D eigenvalue weighted by molar-refractivity contribution is 5.81. The molecule has 1 unspecified atom stereocenters. The molecule has 0 saturated carbocycles. The summed E-state index contributed by atoms with van der Waals surface area (Å²) >= 11 is 0. The van der Waals surface area contributed by atoms with Gasteiger partial charge < -0.3 is 10.6 Å². The Balaban J connectivity index is 2.45. The molecule has 0 fully saturated rings. The second kappa shape index (κ2) is 4.23. The molecule has 0 saturated heterocycles. The van der Waals surface area contributed by atoms with Crippen LogP contribution in [0.3, 0.4) is 0 Å². The van der Waals surface area contributed by atoms with Gasteiger partial charge in [-0.2, -0.15) is 0 Å². The smallest absolute Gasteiger partial charge is 0.192 e. The summed E-state index contributed by atoms with van der Waals surface area (Å²) in [6, 6.07) is 4.08. The normalized spacial score (nSPS) is 23.7. The van der Waals surface area contributed by atoms with Crippen LogP contribution in [0.5, 0.6) is 0 Å². The van der Waals surface area contributed by atoms with Crippen LogP contribution >= 0.6 is 0 Å². The molecule has 0 spiro atoms. The lowest BCUT2D eigenvalue weighted by molar-refractivity contribution is 0.184. The molecule has 5 heteroatoms. The Morgan fingerprint density at radius 3 is 2.56 bits per heavy atom. The van der Waals surface area contributed by atoms with Crippen molar-refractivity contribution in [3.8, 4) is 0 Å². The summed E-state index contributed by atoms with van der Waals surface area (Å²) in [6.45, 7) is 6.36. The number of benzene rings is 1. The van der Waals surface area contributed by atoms with Gasteiger partial charge >= 0.3 is 0 Å². The van der Waals surface area contributed by atoms with Gasteiger partial charge in [0, 0.05) is 6.04 Å². The first-order valence-electron chi connectivity index (χ1n) is 5.91. The minimum Gasteiger partial charge on any atom is -0.370 e. The molecule has 2 N–H and O–H groups in total. The zero-order valence-corrected chi connectivity index (χ0v) is 10.7. The topological polar surface area (TPSA) is 41.6 Å². The first-order valence-corrected chi connectivity index (χ1v) is 5.91. The zero-order valence-electron chi connectivity index (χ0n) is 10.7. The third-order valence-electron chi connectivity index (χ3n) is 3.39.